The fraction of sp³-hybridized carbons (Fsp3) is 0.471. The van der Waals surface area contributed by atoms with E-state index in [0.29, 0.717) is 5.56 Å². The van der Waals surface area contributed by atoms with Crippen molar-refractivity contribution >= 4 is 41.4 Å². The molecule has 0 aromatic heterocycles. The Kier molecular flexibility index (Phi) is 13.5. The van der Waals surface area contributed by atoms with Crippen LogP contribution in [0.5, 0.6) is 0 Å². The minimum absolute atomic E-state index is 0.0242. The van der Waals surface area contributed by atoms with Crippen molar-refractivity contribution in [1.82, 2.24) is 10.2 Å². The zero-order valence-corrected chi connectivity index (χ0v) is 38.8. The predicted molar refractivity (Wildman–Crippen MR) is 239 cm³/mol. The van der Waals surface area contributed by atoms with E-state index in [9.17, 15) is 34.2 Å². The van der Waals surface area contributed by atoms with Gasteiger partial charge in [0, 0.05) is 37.2 Å². The molecule has 4 aliphatic rings. The molecule has 3 aromatic rings. The molecule has 0 radical (unpaired) electrons. The molecule has 1 amide bonds. The molecule has 0 unspecified atom stereocenters. The monoisotopic (exact) mass is 922 g/mol. The van der Waals surface area contributed by atoms with Crippen molar-refractivity contribution in [3.8, 4) is 0 Å². The van der Waals surface area contributed by atoms with Crippen LogP contribution in [0.2, 0.25) is 0 Å². The van der Waals surface area contributed by atoms with Gasteiger partial charge < -0.3 is 39.2 Å². The molecule has 2 saturated carbocycles. The van der Waals surface area contributed by atoms with Gasteiger partial charge in [0.2, 0.25) is 0 Å². The molecule has 3 N–H and O–H groups in total. The fourth-order valence-electron chi connectivity index (χ4n) is 11.0. The van der Waals surface area contributed by atoms with Crippen LogP contribution in [0.1, 0.15) is 86.7 Å². The smallest absolute Gasteiger partial charge is 0.338 e. The van der Waals surface area contributed by atoms with E-state index in [1.807, 2.05) is 0 Å². The van der Waals surface area contributed by atoms with E-state index in [4.69, 9.17) is 23.7 Å². The number of amides is 1. The average molecular weight is 923 g/mol. The van der Waals surface area contributed by atoms with Gasteiger partial charge in [-0.1, -0.05) is 86.2 Å². The fourth-order valence-corrected chi connectivity index (χ4v) is 11.0. The number of allylic oxidation sites excluding steroid dienone is 1. The third-order valence-electron chi connectivity index (χ3n) is 14.4. The number of hydrogen-bond donors (Lipinski definition) is 3. The minimum Gasteiger partial charge on any atom is -0.455 e. The lowest BCUT2D eigenvalue weighted by Crippen LogP contribution is -2.81. The molecule has 16 nitrogen and oxygen atoms in total. The molecule has 67 heavy (non-hydrogen) atoms. The highest BCUT2D eigenvalue weighted by molar-refractivity contribution is 5.98. The number of likely N-dealkylation sites (N-methyl/N-ethyl adjacent to an activating group) is 1. The number of ether oxygens (including phenoxy) is 5. The Labute approximate surface area is 388 Å². The van der Waals surface area contributed by atoms with Gasteiger partial charge >= 0.3 is 23.9 Å². The summed E-state index contributed by atoms with van der Waals surface area (Å²) < 4.78 is 30.7. The second-order valence-electron chi connectivity index (χ2n) is 19.1. The summed E-state index contributed by atoms with van der Waals surface area (Å²) in [7, 11) is 3.26. The predicted octanol–water partition coefficient (Wildman–Crippen LogP) is 4.12. The number of esters is 4. The molecule has 7 rings (SSSR count). The summed E-state index contributed by atoms with van der Waals surface area (Å²) >= 11 is 0. The van der Waals surface area contributed by atoms with Gasteiger partial charge in [0.25, 0.3) is 5.91 Å². The Morgan fingerprint density at radius 2 is 1.43 bits per heavy atom. The van der Waals surface area contributed by atoms with Crippen LogP contribution in [0.3, 0.4) is 0 Å². The van der Waals surface area contributed by atoms with Gasteiger partial charge in [-0.15, -0.1) is 0 Å². The van der Waals surface area contributed by atoms with Gasteiger partial charge in [-0.3, -0.25) is 33.7 Å². The van der Waals surface area contributed by atoms with Crippen LogP contribution in [-0.4, -0.2) is 125 Å². The van der Waals surface area contributed by atoms with E-state index in [-0.39, 0.29) is 41.8 Å². The molecular formula is C51H58N2O14. The van der Waals surface area contributed by atoms with Crippen LogP contribution >= 0.6 is 0 Å². The normalized spacial score (nSPS) is 30.4. The molecule has 1 saturated heterocycles. The molecule has 3 aliphatic carbocycles. The first-order valence-corrected chi connectivity index (χ1v) is 22.3. The molecule has 2 bridgehead atoms. The first kappa shape index (κ1) is 48.9. The maximum absolute atomic E-state index is 15.9. The summed E-state index contributed by atoms with van der Waals surface area (Å²) in [4.78, 5) is 102. The quantitative estimate of drug-likeness (QED) is 0.125. The summed E-state index contributed by atoms with van der Waals surface area (Å²) in [6, 6.07) is 23.1. The van der Waals surface area contributed by atoms with Gasteiger partial charge in [0.05, 0.1) is 42.2 Å². The van der Waals surface area contributed by atoms with E-state index < -0.39 is 118 Å². The number of nitrogens with zero attached hydrogens (tertiary/aromatic N) is 1. The van der Waals surface area contributed by atoms with E-state index >= 15 is 9.59 Å². The third kappa shape index (κ3) is 8.60. The van der Waals surface area contributed by atoms with Crippen LogP contribution < -0.4 is 5.32 Å². The van der Waals surface area contributed by atoms with E-state index in [0.717, 1.165) is 13.8 Å². The Balaban J connectivity index is 1.49. The number of ketones is 2. The summed E-state index contributed by atoms with van der Waals surface area (Å²) in [5.74, 6) is -8.89. The molecule has 11 atom stereocenters. The van der Waals surface area contributed by atoms with Crippen molar-refractivity contribution in [1.29, 1.82) is 0 Å². The highest BCUT2D eigenvalue weighted by atomic mass is 16.6. The molecule has 0 spiro atoms. The Morgan fingerprint density at radius 3 is 1.97 bits per heavy atom. The van der Waals surface area contributed by atoms with Crippen LogP contribution in [-0.2, 0) is 47.7 Å². The van der Waals surface area contributed by atoms with Crippen LogP contribution in [0.4, 0.5) is 0 Å². The minimum atomic E-state index is -2.46. The summed E-state index contributed by atoms with van der Waals surface area (Å²) in [5.41, 5.74) is -7.27. The number of Topliss-reactive ketones (excluding diaryl/α,β-unsaturated/α-hetero) is 2. The van der Waals surface area contributed by atoms with Crippen molar-refractivity contribution in [2.24, 2.45) is 22.7 Å². The van der Waals surface area contributed by atoms with Crippen molar-refractivity contribution in [2.45, 2.75) is 102 Å². The summed E-state index contributed by atoms with van der Waals surface area (Å²) in [6.07, 6.45) is -9.00. The first-order valence-electron chi connectivity index (χ1n) is 22.3. The summed E-state index contributed by atoms with van der Waals surface area (Å²) in [5, 5.41) is 29.2. The molecule has 1 heterocycles. The molecule has 356 valence electrons. The number of hydrogen-bond acceptors (Lipinski definition) is 15. The van der Waals surface area contributed by atoms with Crippen LogP contribution in [0.25, 0.3) is 0 Å². The number of nitrogens with one attached hydrogen (secondary N) is 1. The van der Waals surface area contributed by atoms with E-state index in [1.165, 1.54) is 24.0 Å². The lowest BCUT2D eigenvalue weighted by atomic mass is 9.44. The van der Waals surface area contributed by atoms with Crippen molar-refractivity contribution in [3.63, 3.8) is 0 Å². The van der Waals surface area contributed by atoms with Gasteiger partial charge in [0.15, 0.2) is 29.4 Å². The highest BCUT2D eigenvalue weighted by Gasteiger charge is 2.78. The Bertz CT molecular complexity index is 2460. The average Bonchev–Trinajstić information content (AvgIpc) is 3.28. The van der Waals surface area contributed by atoms with Crippen molar-refractivity contribution < 1.29 is 67.5 Å². The lowest BCUT2D eigenvalue weighted by Gasteiger charge is -2.67. The van der Waals surface area contributed by atoms with Crippen LogP contribution in [0, 0.1) is 22.7 Å². The van der Waals surface area contributed by atoms with Crippen molar-refractivity contribution in [3.05, 3.63) is 119 Å². The molecule has 1 aliphatic heterocycles. The summed E-state index contributed by atoms with van der Waals surface area (Å²) in [6.45, 7) is 7.71. The zero-order chi connectivity index (χ0) is 48.8. The molecule has 3 fully saturated rings. The van der Waals surface area contributed by atoms with Gasteiger partial charge in [-0.25, -0.2) is 4.79 Å². The van der Waals surface area contributed by atoms with Gasteiger partial charge in [0.1, 0.15) is 17.8 Å². The zero-order valence-electron chi connectivity index (χ0n) is 38.8. The molecule has 3 aromatic carbocycles. The number of aliphatic hydroxyl groups excluding tert-OH is 1. The maximum Gasteiger partial charge on any atom is 0.338 e. The highest BCUT2D eigenvalue weighted by Crippen LogP contribution is 2.65. The number of rotatable bonds is 13. The largest absolute Gasteiger partial charge is 0.455 e. The second kappa shape index (κ2) is 18.5. The topological polar surface area (TPSA) is 221 Å². The number of fused-ring (bicyclic) bond motifs is 5. The SMILES string of the molecule is CC(=O)O[C@H]1C(=O)[C@@]2(C)[C@H]([C@H](OC(=O)c3ccccc3)[C@]3(O)C[C@H](C(=O)[C@H](OC(=O)CN(C)C)[C@@H](NC(=O)c4ccccc4)c4ccccc4)C(C)=C1C3(C)C)[C@]1(OC(C)=O)CO[C@@H]1C[C@@H]2O. The van der Waals surface area contributed by atoms with Crippen LogP contribution in [0.15, 0.2) is 102 Å². The Hall–Kier alpha value is -6.07. The Morgan fingerprint density at radius 1 is 0.851 bits per heavy atom. The van der Waals surface area contributed by atoms with E-state index in [1.54, 1.807) is 114 Å². The van der Waals surface area contributed by atoms with E-state index in [2.05, 4.69) is 5.32 Å². The van der Waals surface area contributed by atoms with Crippen molar-refractivity contribution in [2.75, 3.05) is 27.2 Å². The lowest BCUT2D eigenvalue weighted by molar-refractivity contribution is -0.345. The standard InChI is InChI=1S/C51H58N2O14/c1-28-34(40(58)42(65-37(57)26-53(7)8)39(31-18-12-9-13-19-31)52-46(60)32-20-14-10-15-21-32)25-51(62)45(66-47(61)33-22-16-11-17-23-33)43-49(6,35(56)24-36-50(43,27-63-36)67-30(3)55)44(59)41(64-29(2)54)38(28)48(51,4)5/h9-23,34-36,39,41-43,45,56,62H,24-27H2,1-8H3,(H,52,60)/t34-,35-,36+,39-,41+,42+,43-,45-,49+,50-,51+/m0/s1. The number of carbonyl (C=O) groups excluding carboxylic acids is 7. The number of carbonyl (C=O) groups is 7. The van der Waals surface area contributed by atoms with Gasteiger partial charge in [-0.2, -0.15) is 0 Å². The second-order valence-corrected chi connectivity index (χ2v) is 19.1. The molecule has 16 heteroatoms. The number of aliphatic hydroxyl groups is 2. The van der Waals surface area contributed by atoms with Gasteiger partial charge in [-0.05, 0) is 69.8 Å². The third-order valence-corrected chi connectivity index (χ3v) is 14.4. The maximum atomic E-state index is 15.9. The molecular weight excluding hydrogens is 865 g/mol. The first-order chi connectivity index (χ1) is 31.6. The number of benzene rings is 3.